The molecule has 0 spiro atoms. The maximum absolute atomic E-state index is 10.3. The van der Waals surface area contributed by atoms with E-state index in [0.717, 1.165) is 18.3 Å². The number of hydrogen-bond donors (Lipinski definition) is 0. The number of aldehydes is 1. The highest BCUT2D eigenvalue weighted by Gasteiger charge is 2.19. The fourth-order valence-corrected chi connectivity index (χ4v) is 1.48. The standard InChI is InChI=1S/C11H10O/c12-8-9-6-11(7-9)10-4-2-1-3-5-10/h1-6,8,11H,7H2. The van der Waals surface area contributed by atoms with E-state index in [1.807, 2.05) is 24.3 Å². The first-order valence-electron chi connectivity index (χ1n) is 4.11. The van der Waals surface area contributed by atoms with E-state index >= 15 is 0 Å². The Balaban J connectivity index is 2.16. The molecule has 1 aromatic rings. The van der Waals surface area contributed by atoms with Crippen LogP contribution in [0.2, 0.25) is 0 Å². The lowest BCUT2D eigenvalue weighted by Crippen LogP contribution is -2.08. The Hall–Kier alpha value is -1.37. The first-order chi connectivity index (χ1) is 5.90. The molecule has 0 amide bonds. The van der Waals surface area contributed by atoms with Crippen molar-refractivity contribution in [1.29, 1.82) is 0 Å². The van der Waals surface area contributed by atoms with E-state index in [4.69, 9.17) is 0 Å². The molecule has 1 aliphatic rings. The SMILES string of the molecule is O=CC1=CC(c2ccccc2)C1. The van der Waals surface area contributed by atoms with Crippen LogP contribution in [0, 0.1) is 0 Å². The predicted octanol–water partition coefficient (Wildman–Crippen LogP) is 2.30. The average molecular weight is 158 g/mol. The third-order valence-electron chi connectivity index (χ3n) is 2.25. The fourth-order valence-electron chi connectivity index (χ4n) is 1.48. The van der Waals surface area contributed by atoms with Crippen LogP contribution < -0.4 is 0 Å². The van der Waals surface area contributed by atoms with Crippen LogP contribution in [0.5, 0.6) is 0 Å². The summed E-state index contributed by atoms with van der Waals surface area (Å²) in [6.45, 7) is 0. The summed E-state index contributed by atoms with van der Waals surface area (Å²) < 4.78 is 0. The van der Waals surface area contributed by atoms with Gasteiger partial charge in [-0.1, -0.05) is 36.4 Å². The van der Waals surface area contributed by atoms with Crippen molar-refractivity contribution < 1.29 is 4.79 Å². The molecule has 0 bridgehead atoms. The predicted molar refractivity (Wildman–Crippen MR) is 47.9 cm³/mol. The van der Waals surface area contributed by atoms with Crippen LogP contribution in [-0.2, 0) is 4.79 Å². The summed E-state index contributed by atoms with van der Waals surface area (Å²) in [7, 11) is 0. The summed E-state index contributed by atoms with van der Waals surface area (Å²) in [5.74, 6) is 0.478. The van der Waals surface area contributed by atoms with Crippen LogP contribution in [0.3, 0.4) is 0 Å². The lowest BCUT2D eigenvalue weighted by Gasteiger charge is -2.21. The van der Waals surface area contributed by atoms with Crippen molar-refractivity contribution in [2.45, 2.75) is 12.3 Å². The van der Waals surface area contributed by atoms with Crippen LogP contribution >= 0.6 is 0 Å². The van der Waals surface area contributed by atoms with Gasteiger partial charge in [-0.05, 0) is 17.6 Å². The maximum Gasteiger partial charge on any atom is 0.145 e. The van der Waals surface area contributed by atoms with Gasteiger partial charge in [0.25, 0.3) is 0 Å². The van der Waals surface area contributed by atoms with Crippen molar-refractivity contribution >= 4 is 6.29 Å². The maximum atomic E-state index is 10.3. The van der Waals surface area contributed by atoms with Crippen molar-refractivity contribution in [3.63, 3.8) is 0 Å². The van der Waals surface area contributed by atoms with Crippen molar-refractivity contribution in [1.82, 2.24) is 0 Å². The molecule has 1 aromatic carbocycles. The molecule has 0 saturated heterocycles. The van der Waals surface area contributed by atoms with Gasteiger partial charge in [0, 0.05) is 5.92 Å². The molecule has 0 aromatic heterocycles. The first kappa shape index (κ1) is 7.29. The molecule has 0 aliphatic heterocycles. The van der Waals surface area contributed by atoms with Gasteiger partial charge in [0.05, 0.1) is 0 Å². The zero-order valence-corrected chi connectivity index (χ0v) is 6.73. The first-order valence-corrected chi connectivity index (χ1v) is 4.11. The van der Waals surface area contributed by atoms with E-state index in [9.17, 15) is 4.79 Å². The third-order valence-corrected chi connectivity index (χ3v) is 2.25. The lowest BCUT2D eigenvalue weighted by atomic mass is 9.82. The normalized spacial score (nSPS) is 21.0. The monoisotopic (exact) mass is 158 g/mol. The van der Waals surface area contributed by atoms with Crippen LogP contribution in [0.15, 0.2) is 42.0 Å². The number of carbonyl (C=O) groups is 1. The summed E-state index contributed by atoms with van der Waals surface area (Å²) in [6, 6.07) is 10.3. The number of allylic oxidation sites excluding steroid dienone is 2. The van der Waals surface area contributed by atoms with Crippen LogP contribution in [0.1, 0.15) is 17.9 Å². The van der Waals surface area contributed by atoms with Crippen molar-refractivity contribution in [2.75, 3.05) is 0 Å². The largest absolute Gasteiger partial charge is 0.298 e. The van der Waals surface area contributed by atoms with Crippen molar-refractivity contribution in [3.8, 4) is 0 Å². The van der Waals surface area contributed by atoms with Gasteiger partial charge in [-0.3, -0.25) is 4.79 Å². The molecule has 1 aliphatic carbocycles. The van der Waals surface area contributed by atoms with E-state index in [1.54, 1.807) is 0 Å². The molecule has 0 fully saturated rings. The minimum atomic E-state index is 0.478. The number of hydrogen-bond acceptors (Lipinski definition) is 1. The van der Waals surface area contributed by atoms with Gasteiger partial charge in [-0.25, -0.2) is 0 Å². The molecule has 1 nitrogen and oxygen atoms in total. The quantitative estimate of drug-likeness (QED) is 0.603. The lowest BCUT2D eigenvalue weighted by molar-refractivity contribution is -0.105. The Morgan fingerprint density at radius 3 is 2.50 bits per heavy atom. The highest BCUT2D eigenvalue weighted by Crippen LogP contribution is 2.33. The second-order valence-electron chi connectivity index (χ2n) is 3.08. The van der Waals surface area contributed by atoms with Crippen molar-refractivity contribution in [3.05, 3.63) is 47.5 Å². The van der Waals surface area contributed by atoms with Crippen LogP contribution in [-0.4, -0.2) is 6.29 Å². The van der Waals surface area contributed by atoms with E-state index < -0.39 is 0 Å². The number of rotatable bonds is 2. The zero-order chi connectivity index (χ0) is 8.39. The molecule has 0 heterocycles. The van der Waals surface area contributed by atoms with E-state index in [1.165, 1.54) is 5.56 Å². The molecule has 1 heteroatoms. The molecule has 2 rings (SSSR count). The zero-order valence-electron chi connectivity index (χ0n) is 6.73. The van der Waals surface area contributed by atoms with Crippen LogP contribution in [0.25, 0.3) is 0 Å². The average Bonchev–Trinajstić information content (AvgIpc) is 2.04. The summed E-state index contributed by atoms with van der Waals surface area (Å²) in [4.78, 5) is 10.3. The molecule has 1 atom stereocenters. The minimum absolute atomic E-state index is 0.478. The van der Waals surface area contributed by atoms with Gasteiger partial charge in [0.15, 0.2) is 0 Å². The highest BCUT2D eigenvalue weighted by molar-refractivity contribution is 5.76. The summed E-state index contributed by atoms with van der Waals surface area (Å²) in [5, 5.41) is 0. The van der Waals surface area contributed by atoms with E-state index in [0.29, 0.717) is 5.92 Å². The topological polar surface area (TPSA) is 17.1 Å². The molecular formula is C11H10O. The Bertz CT molecular complexity index is 311. The van der Waals surface area contributed by atoms with E-state index in [-0.39, 0.29) is 0 Å². The Morgan fingerprint density at radius 2 is 1.92 bits per heavy atom. The summed E-state index contributed by atoms with van der Waals surface area (Å²) in [5.41, 5.74) is 2.24. The second kappa shape index (κ2) is 2.94. The summed E-state index contributed by atoms with van der Waals surface area (Å²) >= 11 is 0. The van der Waals surface area contributed by atoms with Gasteiger partial charge in [0.2, 0.25) is 0 Å². The number of carbonyl (C=O) groups excluding carboxylic acids is 1. The molecule has 60 valence electrons. The fraction of sp³-hybridized carbons (Fsp3) is 0.182. The summed E-state index contributed by atoms with van der Waals surface area (Å²) in [6.07, 6.45) is 3.88. The Labute approximate surface area is 71.7 Å². The van der Waals surface area contributed by atoms with Crippen LogP contribution in [0.4, 0.5) is 0 Å². The highest BCUT2D eigenvalue weighted by atomic mass is 16.1. The molecule has 12 heavy (non-hydrogen) atoms. The van der Waals surface area contributed by atoms with Gasteiger partial charge in [0.1, 0.15) is 6.29 Å². The third kappa shape index (κ3) is 1.18. The van der Waals surface area contributed by atoms with Gasteiger partial charge < -0.3 is 0 Å². The smallest absolute Gasteiger partial charge is 0.145 e. The number of benzene rings is 1. The molecule has 0 N–H and O–H groups in total. The van der Waals surface area contributed by atoms with Gasteiger partial charge in [-0.15, -0.1) is 0 Å². The molecular weight excluding hydrogens is 148 g/mol. The molecule has 1 unspecified atom stereocenters. The molecule has 0 radical (unpaired) electrons. The second-order valence-corrected chi connectivity index (χ2v) is 3.08. The van der Waals surface area contributed by atoms with Gasteiger partial charge in [-0.2, -0.15) is 0 Å². The Kier molecular flexibility index (Phi) is 1.78. The van der Waals surface area contributed by atoms with E-state index in [2.05, 4.69) is 12.1 Å². The van der Waals surface area contributed by atoms with Gasteiger partial charge >= 0.3 is 0 Å². The molecule has 0 saturated carbocycles. The minimum Gasteiger partial charge on any atom is -0.298 e. The van der Waals surface area contributed by atoms with Crippen molar-refractivity contribution in [2.24, 2.45) is 0 Å². The Morgan fingerprint density at radius 1 is 1.25 bits per heavy atom.